The van der Waals surface area contributed by atoms with Crippen molar-refractivity contribution in [2.45, 2.75) is 6.92 Å². The first-order valence-corrected chi connectivity index (χ1v) is 3.61. The third kappa shape index (κ3) is 5.57. The third-order valence-electron chi connectivity index (χ3n) is 1.06. The summed E-state index contributed by atoms with van der Waals surface area (Å²) in [4.78, 5) is 0. The van der Waals surface area contributed by atoms with Crippen LogP contribution in [0, 0.1) is 0 Å². The van der Waals surface area contributed by atoms with Crippen LogP contribution in [0.25, 0.3) is 0 Å². The van der Waals surface area contributed by atoms with E-state index in [4.69, 9.17) is 11.6 Å². The summed E-state index contributed by atoms with van der Waals surface area (Å²) in [6.07, 6.45) is 5.87. The van der Waals surface area contributed by atoms with Crippen LogP contribution in [-0.2, 0) is 0 Å². The van der Waals surface area contributed by atoms with Crippen LogP contribution >= 0.6 is 11.6 Å². The van der Waals surface area contributed by atoms with Crippen molar-refractivity contribution in [3.8, 4) is 0 Å². The summed E-state index contributed by atoms with van der Waals surface area (Å²) in [7, 11) is 2.03. The first-order chi connectivity index (χ1) is 4.31. The van der Waals surface area contributed by atoms with Crippen molar-refractivity contribution in [3.63, 3.8) is 0 Å². The number of hydrogen-bond donors (Lipinski definition) is 0. The van der Waals surface area contributed by atoms with Crippen molar-refractivity contribution in [1.29, 1.82) is 0 Å². The SMILES string of the molecule is CC[N+](C)=C/C=C/CCl. The summed E-state index contributed by atoms with van der Waals surface area (Å²) in [6, 6.07) is 0. The molecule has 0 bridgehead atoms. The van der Waals surface area contributed by atoms with Gasteiger partial charge in [0.15, 0.2) is 6.21 Å². The van der Waals surface area contributed by atoms with Crippen molar-refractivity contribution < 1.29 is 4.58 Å². The van der Waals surface area contributed by atoms with E-state index in [0.29, 0.717) is 5.88 Å². The van der Waals surface area contributed by atoms with Gasteiger partial charge in [-0.25, -0.2) is 4.58 Å². The smallest absolute Gasteiger partial charge is 0.162 e. The number of allylic oxidation sites excluding steroid dienone is 2. The van der Waals surface area contributed by atoms with Gasteiger partial charge in [0, 0.05) is 5.88 Å². The number of hydrogen-bond acceptors (Lipinski definition) is 0. The number of halogens is 1. The molecule has 1 nitrogen and oxygen atoms in total. The van der Waals surface area contributed by atoms with Crippen LogP contribution in [0.2, 0.25) is 0 Å². The second-order valence-electron chi connectivity index (χ2n) is 1.80. The zero-order valence-corrected chi connectivity index (χ0v) is 6.73. The molecule has 0 N–H and O–H groups in total. The fraction of sp³-hybridized carbons (Fsp3) is 0.571. The normalized spacial score (nSPS) is 13.0. The highest BCUT2D eigenvalue weighted by atomic mass is 35.5. The fourth-order valence-corrected chi connectivity index (χ4v) is 0.467. The van der Waals surface area contributed by atoms with Crippen LogP contribution in [0.3, 0.4) is 0 Å². The molecule has 0 atom stereocenters. The van der Waals surface area contributed by atoms with E-state index < -0.39 is 0 Å². The molecule has 0 amide bonds. The van der Waals surface area contributed by atoms with Crippen LogP contribution in [-0.4, -0.2) is 30.3 Å². The Hall–Kier alpha value is -0.300. The van der Waals surface area contributed by atoms with E-state index in [1.807, 2.05) is 25.4 Å². The second-order valence-corrected chi connectivity index (χ2v) is 2.11. The van der Waals surface area contributed by atoms with E-state index in [1.165, 1.54) is 0 Å². The molecule has 0 rings (SSSR count). The van der Waals surface area contributed by atoms with Gasteiger partial charge in [0.05, 0.1) is 0 Å². The molecule has 9 heavy (non-hydrogen) atoms. The summed E-state index contributed by atoms with van der Waals surface area (Å²) in [5.41, 5.74) is 0. The second kappa shape index (κ2) is 5.83. The summed E-state index contributed by atoms with van der Waals surface area (Å²) in [6.45, 7) is 3.14. The van der Waals surface area contributed by atoms with E-state index in [2.05, 4.69) is 11.5 Å². The predicted molar refractivity (Wildman–Crippen MR) is 42.6 cm³/mol. The minimum absolute atomic E-state index is 0.591. The van der Waals surface area contributed by atoms with Gasteiger partial charge in [-0.15, -0.1) is 11.6 Å². The van der Waals surface area contributed by atoms with E-state index in [9.17, 15) is 0 Å². The summed E-state index contributed by atoms with van der Waals surface area (Å²) < 4.78 is 2.09. The Labute approximate surface area is 61.6 Å². The van der Waals surface area contributed by atoms with E-state index in [0.717, 1.165) is 6.54 Å². The molecule has 0 aliphatic heterocycles. The first kappa shape index (κ1) is 8.70. The molecule has 0 aromatic carbocycles. The van der Waals surface area contributed by atoms with Crippen molar-refractivity contribution >= 4 is 17.8 Å². The maximum absolute atomic E-state index is 5.40. The predicted octanol–water partition coefficient (Wildman–Crippen LogP) is 1.51. The molecule has 0 saturated carbocycles. The average molecular weight is 147 g/mol. The van der Waals surface area contributed by atoms with Crippen molar-refractivity contribution in [1.82, 2.24) is 0 Å². The van der Waals surface area contributed by atoms with Gasteiger partial charge in [-0.1, -0.05) is 6.08 Å². The monoisotopic (exact) mass is 146 g/mol. The maximum atomic E-state index is 5.40. The maximum Gasteiger partial charge on any atom is 0.162 e. The zero-order chi connectivity index (χ0) is 7.11. The van der Waals surface area contributed by atoms with Gasteiger partial charge in [0.25, 0.3) is 0 Å². The topological polar surface area (TPSA) is 3.01 Å². The molecule has 0 spiro atoms. The lowest BCUT2D eigenvalue weighted by Gasteiger charge is -1.84. The molecule has 0 radical (unpaired) electrons. The molecule has 0 heterocycles. The van der Waals surface area contributed by atoms with Crippen LogP contribution in [0.1, 0.15) is 6.92 Å². The number of alkyl halides is 1. The fourth-order valence-electron chi connectivity index (χ4n) is 0.365. The molecule has 0 aromatic heterocycles. The lowest BCUT2D eigenvalue weighted by Crippen LogP contribution is -2.03. The summed E-state index contributed by atoms with van der Waals surface area (Å²) in [5, 5.41) is 0. The van der Waals surface area contributed by atoms with Crippen LogP contribution in [0.15, 0.2) is 12.2 Å². The highest BCUT2D eigenvalue weighted by Gasteiger charge is 1.81. The Kier molecular flexibility index (Phi) is 5.64. The van der Waals surface area contributed by atoms with Gasteiger partial charge in [-0.3, -0.25) is 0 Å². The number of rotatable bonds is 3. The average Bonchev–Trinajstić information content (AvgIpc) is 1.89. The van der Waals surface area contributed by atoms with E-state index in [1.54, 1.807) is 0 Å². The Morgan fingerprint density at radius 1 is 1.56 bits per heavy atom. The van der Waals surface area contributed by atoms with Gasteiger partial charge in [-0.05, 0) is 13.0 Å². The van der Waals surface area contributed by atoms with Gasteiger partial charge < -0.3 is 0 Å². The third-order valence-corrected chi connectivity index (χ3v) is 1.24. The van der Waals surface area contributed by atoms with E-state index in [-0.39, 0.29) is 0 Å². The minimum atomic E-state index is 0.591. The Morgan fingerprint density at radius 2 is 2.22 bits per heavy atom. The van der Waals surface area contributed by atoms with Gasteiger partial charge in [-0.2, -0.15) is 0 Å². The zero-order valence-electron chi connectivity index (χ0n) is 5.97. The van der Waals surface area contributed by atoms with E-state index >= 15 is 0 Å². The Bertz CT molecular complexity index is 116. The number of nitrogens with zero attached hydrogens (tertiary/aromatic N) is 1. The molecule has 0 aliphatic carbocycles. The van der Waals surface area contributed by atoms with Crippen molar-refractivity contribution in [2.75, 3.05) is 19.5 Å². The molecular formula is C7H13ClN+. The van der Waals surface area contributed by atoms with Crippen LogP contribution < -0.4 is 0 Å². The molecular weight excluding hydrogens is 134 g/mol. The molecule has 0 aromatic rings. The first-order valence-electron chi connectivity index (χ1n) is 3.07. The van der Waals surface area contributed by atoms with Crippen molar-refractivity contribution in [2.24, 2.45) is 0 Å². The molecule has 0 fully saturated rings. The molecule has 0 unspecified atom stereocenters. The molecule has 2 heteroatoms. The highest BCUT2D eigenvalue weighted by molar-refractivity contribution is 6.19. The molecule has 52 valence electrons. The summed E-state index contributed by atoms with van der Waals surface area (Å²) in [5.74, 6) is 0.591. The Morgan fingerprint density at radius 3 is 2.67 bits per heavy atom. The lowest BCUT2D eigenvalue weighted by molar-refractivity contribution is -0.487. The van der Waals surface area contributed by atoms with Crippen LogP contribution in [0.4, 0.5) is 0 Å². The quantitative estimate of drug-likeness (QED) is 0.323. The van der Waals surface area contributed by atoms with Gasteiger partial charge in [0.1, 0.15) is 13.6 Å². The lowest BCUT2D eigenvalue weighted by atomic mass is 10.5. The van der Waals surface area contributed by atoms with Gasteiger partial charge in [0.2, 0.25) is 0 Å². The Balaban J connectivity index is 3.55. The van der Waals surface area contributed by atoms with Crippen LogP contribution in [0.5, 0.6) is 0 Å². The largest absolute Gasteiger partial charge is 0.239 e. The highest BCUT2D eigenvalue weighted by Crippen LogP contribution is 1.74. The standard InChI is InChI=1S/C7H13ClN/c1-3-9(2)7-5-4-6-8/h4-5,7H,3,6H2,1-2H3/q+1/b5-4+,9-7?. The molecule has 0 aliphatic rings. The molecule has 0 saturated heterocycles. The minimum Gasteiger partial charge on any atom is -0.239 e. The summed E-state index contributed by atoms with van der Waals surface area (Å²) >= 11 is 5.40. The van der Waals surface area contributed by atoms with Gasteiger partial charge >= 0.3 is 0 Å². The van der Waals surface area contributed by atoms with Crippen molar-refractivity contribution in [3.05, 3.63) is 12.2 Å².